The quantitative estimate of drug-likeness (QED) is 0.604. The number of rotatable bonds is 4. The van der Waals surface area contributed by atoms with E-state index in [-0.39, 0.29) is 5.97 Å². The SMILES string of the molecule is [C-]#[N+]c1cccc(OC2(C(=O)OCC)CCC2)c1. The van der Waals surface area contributed by atoms with Crippen molar-refractivity contribution in [3.05, 3.63) is 35.7 Å². The molecule has 4 nitrogen and oxygen atoms in total. The van der Waals surface area contributed by atoms with Gasteiger partial charge in [0.25, 0.3) is 0 Å². The van der Waals surface area contributed by atoms with Crippen molar-refractivity contribution in [2.45, 2.75) is 31.8 Å². The summed E-state index contributed by atoms with van der Waals surface area (Å²) in [6.45, 7) is 9.09. The van der Waals surface area contributed by atoms with Gasteiger partial charge in [0.05, 0.1) is 13.2 Å². The van der Waals surface area contributed by atoms with Crippen molar-refractivity contribution in [3.8, 4) is 5.75 Å². The van der Waals surface area contributed by atoms with Crippen LogP contribution in [0.15, 0.2) is 24.3 Å². The molecule has 0 unspecified atom stereocenters. The number of carbonyl (C=O) groups is 1. The average molecular weight is 245 g/mol. The van der Waals surface area contributed by atoms with E-state index < -0.39 is 5.60 Å². The Morgan fingerprint density at radius 2 is 2.28 bits per heavy atom. The van der Waals surface area contributed by atoms with Crippen molar-refractivity contribution < 1.29 is 14.3 Å². The van der Waals surface area contributed by atoms with Gasteiger partial charge in [-0.1, -0.05) is 12.1 Å². The van der Waals surface area contributed by atoms with Crippen molar-refractivity contribution in [2.24, 2.45) is 0 Å². The van der Waals surface area contributed by atoms with E-state index in [0.717, 1.165) is 6.42 Å². The Hall–Kier alpha value is -2.02. The molecule has 1 aliphatic rings. The maximum absolute atomic E-state index is 11.9. The van der Waals surface area contributed by atoms with Gasteiger partial charge in [-0.15, -0.1) is 0 Å². The van der Waals surface area contributed by atoms with Crippen LogP contribution in [0.1, 0.15) is 26.2 Å². The van der Waals surface area contributed by atoms with Gasteiger partial charge in [-0.25, -0.2) is 9.64 Å². The van der Waals surface area contributed by atoms with Crippen molar-refractivity contribution in [1.29, 1.82) is 0 Å². The number of hydrogen-bond donors (Lipinski definition) is 0. The summed E-state index contributed by atoms with van der Waals surface area (Å²) in [4.78, 5) is 15.2. The molecule has 1 fully saturated rings. The zero-order valence-electron chi connectivity index (χ0n) is 10.3. The molecule has 0 amide bonds. The predicted molar refractivity (Wildman–Crippen MR) is 66.5 cm³/mol. The molecular weight excluding hydrogens is 230 g/mol. The van der Waals surface area contributed by atoms with Gasteiger partial charge in [-0.2, -0.15) is 0 Å². The third kappa shape index (κ3) is 2.30. The first kappa shape index (κ1) is 12.4. The molecule has 94 valence electrons. The van der Waals surface area contributed by atoms with E-state index in [0.29, 0.717) is 30.9 Å². The normalized spacial score (nSPS) is 16.2. The summed E-state index contributed by atoms with van der Waals surface area (Å²) in [7, 11) is 0. The number of nitrogens with zero attached hydrogens (tertiary/aromatic N) is 1. The van der Waals surface area contributed by atoms with Crippen LogP contribution in [0.25, 0.3) is 4.85 Å². The van der Waals surface area contributed by atoms with Crippen LogP contribution in [0.4, 0.5) is 5.69 Å². The van der Waals surface area contributed by atoms with Crippen LogP contribution in [0.3, 0.4) is 0 Å². The molecule has 0 aliphatic heterocycles. The lowest BCUT2D eigenvalue weighted by Gasteiger charge is -2.39. The first-order chi connectivity index (χ1) is 8.70. The molecule has 1 saturated carbocycles. The molecule has 0 atom stereocenters. The number of carbonyl (C=O) groups excluding carboxylic acids is 1. The smallest absolute Gasteiger partial charge is 0.350 e. The standard InChI is InChI=1S/C14H15NO3/c1-3-17-13(16)14(8-5-9-14)18-12-7-4-6-11(10-12)15-2/h4,6-7,10H,3,5,8-9H2,1H3. The predicted octanol–water partition coefficient (Wildman–Crippen LogP) is 3.10. The van der Waals surface area contributed by atoms with Crippen LogP contribution in [0.5, 0.6) is 5.75 Å². The summed E-state index contributed by atoms with van der Waals surface area (Å²) >= 11 is 0. The van der Waals surface area contributed by atoms with Gasteiger partial charge in [0.15, 0.2) is 5.69 Å². The Kier molecular flexibility index (Phi) is 3.52. The molecule has 0 heterocycles. The zero-order valence-corrected chi connectivity index (χ0v) is 10.3. The lowest BCUT2D eigenvalue weighted by atomic mass is 9.80. The largest absolute Gasteiger partial charge is 0.477 e. The van der Waals surface area contributed by atoms with E-state index in [1.54, 1.807) is 31.2 Å². The molecule has 1 aliphatic carbocycles. The molecule has 1 aromatic carbocycles. The number of esters is 1. The molecular formula is C14H15NO3. The lowest BCUT2D eigenvalue weighted by molar-refractivity contribution is -0.169. The van der Waals surface area contributed by atoms with Gasteiger partial charge in [0.2, 0.25) is 5.60 Å². The molecule has 18 heavy (non-hydrogen) atoms. The fraction of sp³-hybridized carbons (Fsp3) is 0.429. The number of hydrogen-bond acceptors (Lipinski definition) is 3. The zero-order chi connectivity index (χ0) is 13.0. The van der Waals surface area contributed by atoms with Gasteiger partial charge in [0, 0.05) is 0 Å². The van der Waals surface area contributed by atoms with Crippen LogP contribution >= 0.6 is 0 Å². The van der Waals surface area contributed by atoms with Gasteiger partial charge >= 0.3 is 5.97 Å². The fourth-order valence-electron chi connectivity index (χ4n) is 1.95. The second-order valence-corrected chi connectivity index (χ2v) is 4.28. The highest BCUT2D eigenvalue weighted by Gasteiger charge is 2.48. The lowest BCUT2D eigenvalue weighted by Crippen LogP contribution is -2.51. The van der Waals surface area contributed by atoms with Crippen LogP contribution in [-0.4, -0.2) is 18.2 Å². The Morgan fingerprint density at radius 1 is 1.50 bits per heavy atom. The minimum atomic E-state index is -0.837. The highest BCUT2D eigenvalue weighted by molar-refractivity contribution is 5.81. The number of ether oxygens (including phenoxy) is 2. The topological polar surface area (TPSA) is 39.9 Å². The van der Waals surface area contributed by atoms with Gasteiger partial charge in [0.1, 0.15) is 5.75 Å². The molecule has 0 aromatic heterocycles. The minimum Gasteiger partial charge on any atom is -0.477 e. The first-order valence-electron chi connectivity index (χ1n) is 6.04. The Morgan fingerprint density at radius 3 is 2.83 bits per heavy atom. The highest BCUT2D eigenvalue weighted by Crippen LogP contribution is 2.38. The Bertz CT molecular complexity index is 486. The molecule has 4 heteroatoms. The Labute approximate surface area is 106 Å². The Balaban J connectivity index is 2.15. The first-order valence-corrected chi connectivity index (χ1v) is 6.04. The van der Waals surface area contributed by atoms with Gasteiger partial charge < -0.3 is 9.47 Å². The van der Waals surface area contributed by atoms with Crippen molar-refractivity contribution in [3.63, 3.8) is 0 Å². The van der Waals surface area contributed by atoms with E-state index in [1.165, 1.54) is 0 Å². The summed E-state index contributed by atoms with van der Waals surface area (Å²) in [6, 6.07) is 6.86. The highest BCUT2D eigenvalue weighted by atomic mass is 16.6. The van der Waals surface area contributed by atoms with Crippen molar-refractivity contribution in [1.82, 2.24) is 0 Å². The van der Waals surface area contributed by atoms with Crippen molar-refractivity contribution in [2.75, 3.05) is 6.61 Å². The van der Waals surface area contributed by atoms with Crippen LogP contribution in [-0.2, 0) is 9.53 Å². The molecule has 0 saturated heterocycles. The summed E-state index contributed by atoms with van der Waals surface area (Å²) in [5.41, 5.74) is -0.331. The van der Waals surface area contributed by atoms with E-state index in [1.807, 2.05) is 0 Å². The maximum Gasteiger partial charge on any atom is 0.350 e. The summed E-state index contributed by atoms with van der Waals surface area (Å²) < 4.78 is 10.8. The van der Waals surface area contributed by atoms with Crippen LogP contribution in [0, 0.1) is 6.57 Å². The third-order valence-corrected chi connectivity index (χ3v) is 3.07. The summed E-state index contributed by atoms with van der Waals surface area (Å²) in [5.74, 6) is 0.251. The van der Waals surface area contributed by atoms with Gasteiger partial charge in [-0.05, 0) is 38.3 Å². The van der Waals surface area contributed by atoms with E-state index >= 15 is 0 Å². The molecule has 2 rings (SSSR count). The van der Waals surface area contributed by atoms with E-state index in [2.05, 4.69) is 4.85 Å². The number of benzene rings is 1. The minimum absolute atomic E-state index is 0.301. The van der Waals surface area contributed by atoms with E-state index in [4.69, 9.17) is 16.0 Å². The molecule has 0 spiro atoms. The monoisotopic (exact) mass is 245 g/mol. The van der Waals surface area contributed by atoms with Crippen LogP contribution in [0.2, 0.25) is 0 Å². The fourth-order valence-corrected chi connectivity index (χ4v) is 1.95. The van der Waals surface area contributed by atoms with Gasteiger partial charge in [-0.3, -0.25) is 0 Å². The molecule has 0 radical (unpaired) electrons. The molecule has 1 aromatic rings. The third-order valence-electron chi connectivity index (χ3n) is 3.07. The van der Waals surface area contributed by atoms with E-state index in [9.17, 15) is 4.79 Å². The second-order valence-electron chi connectivity index (χ2n) is 4.28. The second kappa shape index (κ2) is 5.09. The average Bonchev–Trinajstić information content (AvgIpc) is 2.34. The maximum atomic E-state index is 11.9. The molecule has 0 bridgehead atoms. The molecule has 0 N–H and O–H groups in total. The van der Waals surface area contributed by atoms with Crippen LogP contribution < -0.4 is 4.74 Å². The summed E-state index contributed by atoms with van der Waals surface area (Å²) in [6.07, 6.45) is 2.31. The summed E-state index contributed by atoms with van der Waals surface area (Å²) in [5, 5.41) is 0. The van der Waals surface area contributed by atoms with Crippen molar-refractivity contribution >= 4 is 11.7 Å².